The van der Waals surface area contributed by atoms with Gasteiger partial charge in [0.25, 0.3) is 0 Å². The zero-order chi connectivity index (χ0) is 12.4. The van der Waals surface area contributed by atoms with E-state index in [1.807, 2.05) is 0 Å². The van der Waals surface area contributed by atoms with E-state index in [1.54, 1.807) is 0 Å². The average Bonchev–Trinajstić information content (AvgIpc) is 2.84. The highest BCUT2D eigenvalue weighted by atomic mass is 14.2. The molecule has 1 aliphatic carbocycles. The highest BCUT2D eigenvalue weighted by molar-refractivity contribution is 5.74. The van der Waals surface area contributed by atoms with Gasteiger partial charge in [0.05, 0.1) is 0 Å². The molecule has 0 saturated carbocycles. The second-order valence-corrected chi connectivity index (χ2v) is 5.11. The minimum absolute atomic E-state index is 0.594. The zero-order valence-electron chi connectivity index (χ0n) is 10.8. The van der Waals surface area contributed by atoms with Crippen LogP contribution in [-0.2, 0) is 12.8 Å². The van der Waals surface area contributed by atoms with Crippen molar-refractivity contribution in [2.24, 2.45) is 5.92 Å². The lowest BCUT2D eigenvalue weighted by Gasteiger charge is -2.14. The minimum Gasteiger partial charge on any atom is -0.0760 e. The van der Waals surface area contributed by atoms with E-state index in [2.05, 4.69) is 67.6 Å². The van der Waals surface area contributed by atoms with Crippen LogP contribution in [0.25, 0.3) is 5.57 Å². The van der Waals surface area contributed by atoms with Crippen LogP contribution in [0.4, 0.5) is 0 Å². The van der Waals surface area contributed by atoms with Crippen LogP contribution in [0, 0.1) is 5.92 Å². The summed E-state index contributed by atoms with van der Waals surface area (Å²) >= 11 is 0. The summed E-state index contributed by atoms with van der Waals surface area (Å²) in [4.78, 5) is 0. The van der Waals surface area contributed by atoms with Crippen LogP contribution in [0.15, 0.2) is 60.7 Å². The fourth-order valence-corrected chi connectivity index (χ4v) is 2.85. The monoisotopic (exact) mass is 234 g/mol. The molecule has 0 radical (unpaired) electrons. The summed E-state index contributed by atoms with van der Waals surface area (Å²) in [5, 5.41) is 0. The van der Waals surface area contributed by atoms with E-state index in [-0.39, 0.29) is 0 Å². The Labute approximate surface area is 109 Å². The van der Waals surface area contributed by atoms with Gasteiger partial charge in [-0.15, -0.1) is 0 Å². The predicted octanol–water partition coefficient (Wildman–Crippen LogP) is 4.50. The van der Waals surface area contributed by atoms with Crippen molar-refractivity contribution in [1.82, 2.24) is 0 Å². The molecule has 0 aliphatic heterocycles. The maximum atomic E-state index is 2.40. The van der Waals surface area contributed by atoms with E-state index < -0.39 is 0 Å². The Morgan fingerprint density at radius 2 is 1.67 bits per heavy atom. The molecule has 0 aromatic heterocycles. The van der Waals surface area contributed by atoms with Gasteiger partial charge in [0.2, 0.25) is 0 Å². The first-order chi connectivity index (χ1) is 8.84. The Morgan fingerprint density at radius 3 is 2.50 bits per heavy atom. The van der Waals surface area contributed by atoms with Gasteiger partial charge in [0.15, 0.2) is 0 Å². The summed E-state index contributed by atoms with van der Waals surface area (Å²) in [6, 6.07) is 19.6. The molecule has 0 spiro atoms. The molecule has 0 heteroatoms. The van der Waals surface area contributed by atoms with E-state index in [1.165, 1.54) is 22.3 Å². The highest BCUT2D eigenvalue weighted by Gasteiger charge is 2.18. The third-order valence-corrected chi connectivity index (χ3v) is 3.79. The SMILES string of the molecule is CC(Cc1ccccc1)C1=CCc2ccccc21. The maximum absolute atomic E-state index is 2.40. The number of allylic oxidation sites excluding steroid dienone is 2. The van der Waals surface area contributed by atoms with Gasteiger partial charge in [-0.3, -0.25) is 0 Å². The first-order valence-corrected chi connectivity index (χ1v) is 6.67. The fourth-order valence-electron chi connectivity index (χ4n) is 2.85. The summed E-state index contributed by atoms with van der Waals surface area (Å²) in [7, 11) is 0. The van der Waals surface area contributed by atoms with Crippen molar-refractivity contribution in [3.63, 3.8) is 0 Å². The van der Waals surface area contributed by atoms with Crippen molar-refractivity contribution in [2.75, 3.05) is 0 Å². The number of hydrogen-bond donors (Lipinski definition) is 0. The van der Waals surface area contributed by atoms with E-state index in [4.69, 9.17) is 0 Å². The molecule has 0 N–H and O–H groups in total. The van der Waals surface area contributed by atoms with E-state index in [0.29, 0.717) is 5.92 Å². The van der Waals surface area contributed by atoms with Gasteiger partial charge in [0, 0.05) is 0 Å². The van der Waals surface area contributed by atoms with E-state index in [0.717, 1.165) is 12.8 Å². The first-order valence-electron chi connectivity index (χ1n) is 6.67. The molecule has 3 rings (SSSR count). The normalized spacial score (nSPS) is 15.1. The average molecular weight is 234 g/mol. The van der Waals surface area contributed by atoms with E-state index in [9.17, 15) is 0 Å². The molecule has 2 aromatic rings. The van der Waals surface area contributed by atoms with Gasteiger partial charge in [-0.05, 0) is 41.0 Å². The van der Waals surface area contributed by atoms with Crippen molar-refractivity contribution < 1.29 is 0 Å². The van der Waals surface area contributed by atoms with E-state index >= 15 is 0 Å². The number of fused-ring (bicyclic) bond motifs is 1. The van der Waals surface area contributed by atoms with Gasteiger partial charge in [-0.2, -0.15) is 0 Å². The molecule has 2 aromatic carbocycles. The van der Waals surface area contributed by atoms with Crippen LogP contribution in [0.2, 0.25) is 0 Å². The lowest BCUT2D eigenvalue weighted by Crippen LogP contribution is -2.02. The Kier molecular flexibility index (Phi) is 3.02. The Hall–Kier alpha value is -1.82. The molecule has 0 bridgehead atoms. The molecule has 1 unspecified atom stereocenters. The Bertz CT molecular complexity index is 564. The molecule has 90 valence electrons. The molecule has 1 aliphatic rings. The topological polar surface area (TPSA) is 0 Å². The largest absolute Gasteiger partial charge is 0.0760 e. The Morgan fingerprint density at radius 1 is 0.944 bits per heavy atom. The number of rotatable bonds is 3. The predicted molar refractivity (Wildman–Crippen MR) is 77.4 cm³/mol. The van der Waals surface area contributed by atoms with Crippen LogP contribution in [0.3, 0.4) is 0 Å². The third-order valence-electron chi connectivity index (χ3n) is 3.79. The lowest BCUT2D eigenvalue weighted by molar-refractivity contribution is 0.745. The molecule has 1 atom stereocenters. The number of benzene rings is 2. The van der Waals surface area contributed by atoms with Crippen molar-refractivity contribution in [2.45, 2.75) is 19.8 Å². The molecular weight excluding hydrogens is 216 g/mol. The first kappa shape index (κ1) is 11.3. The second-order valence-electron chi connectivity index (χ2n) is 5.11. The molecule has 0 saturated heterocycles. The van der Waals surface area contributed by atoms with Crippen LogP contribution >= 0.6 is 0 Å². The van der Waals surface area contributed by atoms with Crippen LogP contribution in [-0.4, -0.2) is 0 Å². The summed E-state index contributed by atoms with van der Waals surface area (Å²) in [5.74, 6) is 0.594. The van der Waals surface area contributed by atoms with Crippen molar-refractivity contribution >= 4 is 5.57 Å². The summed E-state index contributed by atoms with van der Waals surface area (Å²) < 4.78 is 0. The maximum Gasteiger partial charge on any atom is -0.00853 e. The highest BCUT2D eigenvalue weighted by Crippen LogP contribution is 2.34. The third kappa shape index (κ3) is 2.11. The summed E-state index contributed by atoms with van der Waals surface area (Å²) in [5.41, 5.74) is 5.89. The van der Waals surface area contributed by atoms with Crippen LogP contribution < -0.4 is 0 Å². The van der Waals surface area contributed by atoms with Crippen molar-refractivity contribution in [3.8, 4) is 0 Å². The van der Waals surface area contributed by atoms with Gasteiger partial charge in [-0.25, -0.2) is 0 Å². The zero-order valence-corrected chi connectivity index (χ0v) is 10.8. The quantitative estimate of drug-likeness (QED) is 0.733. The van der Waals surface area contributed by atoms with Crippen molar-refractivity contribution in [1.29, 1.82) is 0 Å². The molecule has 0 nitrogen and oxygen atoms in total. The van der Waals surface area contributed by atoms with Crippen LogP contribution in [0.1, 0.15) is 23.6 Å². The lowest BCUT2D eigenvalue weighted by atomic mass is 9.90. The summed E-state index contributed by atoms with van der Waals surface area (Å²) in [6.45, 7) is 2.33. The molecular formula is C18H18. The van der Waals surface area contributed by atoms with Gasteiger partial charge in [-0.1, -0.05) is 67.6 Å². The molecule has 18 heavy (non-hydrogen) atoms. The van der Waals surface area contributed by atoms with Crippen molar-refractivity contribution in [3.05, 3.63) is 77.4 Å². The molecule has 0 heterocycles. The standard InChI is InChI=1S/C18H18/c1-14(13-15-7-3-2-4-8-15)17-12-11-16-9-5-6-10-18(16)17/h2-10,12,14H,11,13H2,1H3. The summed E-state index contributed by atoms with van der Waals surface area (Å²) in [6.07, 6.45) is 4.63. The molecule has 0 fully saturated rings. The van der Waals surface area contributed by atoms with Crippen LogP contribution in [0.5, 0.6) is 0 Å². The number of hydrogen-bond acceptors (Lipinski definition) is 0. The van der Waals surface area contributed by atoms with Gasteiger partial charge in [0.1, 0.15) is 0 Å². The minimum atomic E-state index is 0.594. The van der Waals surface area contributed by atoms with Gasteiger partial charge >= 0.3 is 0 Å². The Balaban J connectivity index is 1.81. The second kappa shape index (κ2) is 4.81. The smallest absolute Gasteiger partial charge is 0.00853 e. The van der Waals surface area contributed by atoms with Gasteiger partial charge < -0.3 is 0 Å². The molecule has 0 amide bonds. The fraction of sp³-hybridized carbons (Fsp3) is 0.222.